The van der Waals surface area contributed by atoms with Crippen molar-refractivity contribution in [1.29, 1.82) is 0 Å². The Balaban J connectivity index is 1.24. The quantitative estimate of drug-likeness (QED) is 0.153. The number of benzene rings is 8. The van der Waals surface area contributed by atoms with Crippen LogP contribution in [-0.4, -0.2) is 15.9 Å². The Labute approximate surface area is 396 Å². The molecule has 0 bridgehead atoms. The first-order valence-corrected chi connectivity index (χ1v) is 24.8. The molecule has 3 heteroatoms. The summed E-state index contributed by atoms with van der Waals surface area (Å²) in [7, 11) is 0. The fourth-order valence-electron chi connectivity index (χ4n) is 12.9. The summed E-state index contributed by atoms with van der Waals surface area (Å²) in [6, 6.07) is 51.0. The number of aryl methyl sites for hydroxylation is 2. The minimum Gasteiger partial charge on any atom is -0.375 e. The maximum Gasteiger partial charge on any atom is 0.333 e. The Morgan fingerprint density at radius 3 is 1.99 bits per heavy atom. The number of fused-ring (bicyclic) bond motifs is 13. The Bertz CT molecular complexity index is 3850. The van der Waals surface area contributed by atoms with Crippen molar-refractivity contribution in [3.05, 3.63) is 161 Å². The Morgan fingerprint density at radius 2 is 1.22 bits per heavy atom. The van der Waals surface area contributed by atoms with Crippen LogP contribution in [0.1, 0.15) is 115 Å². The van der Waals surface area contributed by atoms with Gasteiger partial charge in [-0.05, 0) is 163 Å². The third-order valence-electron chi connectivity index (χ3n) is 16.8. The summed E-state index contributed by atoms with van der Waals surface area (Å²) >= 11 is 0. The number of rotatable bonds is 2. The third kappa shape index (κ3) is 5.64. The van der Waals surface area contributed by atoms with Gasteiger partial charge in [0.15, 0.2) is 0 Å². The highest BCUT2D eigenvalue weighted by Gasteiger charge is 2.43. The predicted octanol–water partition coefficient (Wildman–Crippen LogP) is 15.9. The van der Waals surface area contributed by atoms with E-state index in [0.717, 1.165) is 0 Å². The van der Waals surface area contributed by atoms with Gasteiger partial charge in [-0.25, -0.2) is 0 Å². The van der Waals surface area contributed by atoms with E-state index in [9.17, 15) is 0 Å². The second-order valence-corrected chi connectivity index (χ2v) is 24.2. The maximum absolute atomic E-state index is 2.78. The second kappa shape index (κ2) is 13.2. The van der Waals surface area contributed by atoms with Crippen molar-refractivity contribution in [2.24, 2.45) is 0 Å². The van der Waals surface area contributed by atoms with Crippen LogP contribution >= 0.6 is 0 Å². The van der Waals surface area contributed by atoms with Gasteiger partial charge in [0.05, 0.1) is 11.0 Å². The molecule has 0 saturated carbocycles. The summed E-state index contributed by atoms with van der Waals surface area (Å²) < 4.78 is 5.48. The Hall–Kier alpha value is -6.32. The number of aromatic nitrogens is 2. The molecule has 0 N–H and O–H groups in total. The highest BCUT2D eigenvalue weighted by Crippen LogP contribution is 2.50. The molecule has 2 nitrogen and oxygen atoms in total. The van der Waals surface area contributed by atoms with E-state index in [1.807, 2.05) is 0 Å². The monoisotopic (exact) mass is 868 g/mol. The lowest BCUT2D eigenvalue weighted by Crippen LogP contribution is -2.55. The van der Waals surface area contributed by atoms with Crippen LogP contribution in [0.25, 0.3) is 93.5 Å². The van der Waals surface area contributed by atoms with Gasteiger partial charge >= 0.3 is 6.85 Å². The normalized spacial score (nSPS) is 15.9. The lowest BCUT2D eigenvalue weighted by atomic mass is 9.45. The summed E-state index contributed by atoms with van der Waals surface area (Å²) in [5, 5.41) is 7.90. The average molecular weight is 869 g/mol. The highest BCUT2D eigenvalue weighted by atomic mass is 15.0. The Kier molecular flexibility index (Phi) is 8.07. The zero-order valence-corrected chi connectivity index (χ0v) is 41.5. The van der Waals surface area contributed by atoms with Crippen molar-refractivity contribution >= 4 is 72.2 Å². The molecule has 8 aromatic carbocycles. The van der Waals surface area contributed by atoms with Crippen LogP contribution < -0.4 is 10.9 Å². The van der Waals surface area contributed by atoms with Gasteiger partial charge in [0.2, 0.25) is 0 Å². The molecule has 2 aliphatic heterocycles. The van der Waals surface area contributed by atoms with Crippen LogP contribution in [0.15, 0.2) is 127 Å². The third-order valence-corrected chi connectivity index (χ3v) is 16.8. The van der Waals surface area contributed by atoms with Crippen LogP contribution in [0.2, 0.25) is 0 Å². The smallest absolute Gasteiger partial charge is 0.333 e. The van der Waals surface area contributed by atoms with Gasteiger partial charge in [-0.15, -0.1) is 0 Å². The standard InChI is InChI=1S/C64H61BN2/c1-36-17-21-44(37(2)27-36)41-29-48-51-35-43(62(6,7)8)34-50-47-33-42(61(3,4)5)20-24-55(47)67(59(50)51)65-54-31-40(39-19-23-52-53(30-39)64(11,12)26-25-63(52,9)10)28-49-46-22-18-38-15-13-14-16-45(38)58(46)66(60(49)54)56(32-41)57(48)65/h13-24,27-35H,25-26H2,1-12H3. The van der Waals surface area contributed by atoms with Gasteiger partial charge in [0.1, 0.15) is 0 Å². The van der Waals surface area contributed by atoms with Gasteiger partial charge in [0.25, 0.3) is 0 Å². The van der Waals surface area contributed by atoms with Gasteiger partial charge in [-0.3, -0.25) is 0 Å². The first kappa shape index (κ1) is 40.9. The van der Waals surface area contributed by atoms with Gasteiger partial charge in [0, 0.05) is 49.2 Å². The summed E-state index contributed by atoms with van der Waals surface area (Å²) in [5.41, 5.74) is 25.8. The molecular weight excluding hydrogens is 808 g/mol. The van der Waals surface area contributed by atoms with Crippen molar-refractivity contribution in [2.75, 3.05) is 0 Å². The molecule has 0 atom stereocenters. The molecule has 0 spiro atoms. The molecule has 0 amide bonds. The number of hydrogen-bond acceptors (Lipinski definition) is 0. The Morgan fingerprint density at radius 1 is 0.493 bits per heavy atom. The molecular formula is C64H61BN2. The molecule has 0 radical (unpaired) electrons. The molecule has 0 fully saturated rings. The highest BCUT2D eigenvalue weighted by molar-refractivity contribution is 6.90. The minimum absolute atomic E-state index is 0.0118. The van der Waals surface area contributed by atoms with E-state index >= 15 is 0 Å². The molecule has 10 aromatic rings. The lowest BCUT2D eigenvalue weighted by Gasteiger charge is -2.42. The molecule has 0 unspecified atom stereocenters. The van der Waals surface area contributed by atoms with Crippen LogP contribution in [0.3, 0.4) is 0 Å². The zero-order valence-electron chi connectivity index (χ0n) is 41.5. The summed E-state index contributed by atoms with van der Waals surface area (Å²) in [6.07, 6.45) is 2.40. The van der Waals surface area contributed by atoms with E-state index in [1.165, 1.54) is 151 Å². The largest absolute Gasteiger partial charge is 0.375 e. The first-order chi connectivity index (χ1) is 31.8. The van der Waals surface area contributed by atoms with E-state index in [4.69, 9.17) is 0 Å². The van der Waals surface area contributed by atoms with E-state index in [0.29, 0.717) is 0 Å². The molecule has 1 aliphatic carbocycles. The molecule has 13 rings (SSSR count). The SMILES string of the molecule is Cc1ccc(-c2cc3c4c(c2)-n2c5c(cc(-c6ccc7c(c6)C(C)(C)CCC7(C)C)cc5c5ccc6ccccc6c52)B4n2c4ccc(C(C)(C)C)cc4c4cc(C(C)(C)C)cc-3c42)c(C)c1. The van der Waals surface area contributed by atoms with E-state index in [-0.39, 0.29) is 28.5 Å². The molecule has 2 aromatic heterocycles. The van der Waals surface area contributed by atoms with Crippen LogP contribution in [0, 0.1) is 13.8 Å². The van der Waals surface area contributed by atoms with E-state index < -0.39 is 0 Å². The fourth-order valence-corrected chi connectivity index (χ4v) is 12.9. The molecule has 4 heterocycles. The lowest BCUT2D eigenvalue weighted by molar-refractivity contribution is 0.332. The van der Waals surface area contributed by atoms with Crippen molar-refractivity contribution in [3.8, 4) is 39.1 Å². The fraction of sp³-hybridized carbons (Fsp3) is 0.281. The second-order valence-electron chi connectivity index (χ2n) is 24.2. The van der Waals surface area contributed by atoms with Crippen molar-refractivity contribution in [1.82, 2.24) is 9.05 Å². The van der Waals surface area contributed by atoms with Crippen LogP contribution in [0.5, 0.6) is 0 Å². The topological polar surface area (TPSA) is 9.86 Å². The molecule has 3 aliphatic rings. The van der Waals surface area contributed by atoms with Gasteiger partial charge < -0.3 is 9.05 Å². The van der Waals surface area contributed by atoms with Gasteiger partial charge in [-0.2, -0.15) is 0 Å². The average Bonchev–Trinajstić information content (AvgIpc) is 3.80. The zero-order chi connectivity index (χ0) is 46.4. The number of nitrogens with zero attached hydrogens (tertiary/aromatic N) is 2. The van der Waals surface area contributed by atoms with E-state index in [2.05, 4.69) is 220 Å². The summed E-state index contributed by atoms with van der Waals surface area (Å²) in [4.78, 5) is 0. The maximum atomic E-state index is 2.78. The summed E-state index contributed by atoms with van der Waals surface area (Å²) in [6.45, 7) is 28.4. The van der Waals surface area contributed by atoms with Crippen molar-refractivity contribution in [2.45, 2.75) is 118 Å². The molecule has 0 saturated heterocycles. The predicted molar refractivity (Wildman–Crippen MR) is 290 cm³/mol. The number of hydrogen-bond donors (Lipinski definition) is 0. The molecule has 67 heavy (non-hydrogen) atoms. The van der Waals surface area contributed by atoms with Gasteiger partial charge in [-0.1, -0.05) is 160 Å². The van der Waals surface area contributed by atoms with Crippen molar-refractivity contribution < 1.29 is 0 Å². The van der Waals surface area contributed by atoms with Crippen LogP contribution in [0.4, 0.5) is 0 Å². The van der Waals surface area contributed by atoms with Crippen molar-refractivity contribution in [3.63, 3.8) is 0 Å². The summed E-state index contributed by atoms with van der Waals surface area (Å²) in [5.74, 6) is 0. The first-order valence-electron chi connectivity index (χ1n) is 24.8. The van der Waals surface area contributed by atoms with E-state index in [1.54, 1.807) is 0 Å². The van der Waals surface area contributed by atoms with Crippen LogP contribution in [-0.2, 0) is 21.7 Å². The minimum atomic E-state index is -0.0509. The molecule has 330 valence electrons.